The maximum atomic E-state index is 5.71. The van der Waals surface area contributed by atoms with Crippen molar-refractivity contribution in [3.8, 4) is 5.75 Å². The Hall–Kier alpha value is -1.97. The average Bonchev–Trinajstić information content (AvgIpc) is 3.09. The van der Waals surface area contributed by atoms with Gasteiger partial charge in [-0.2, -0.15) is 0 Å². The van der Waals surface area contributed by atoms with Crippen molar-refractivity contribution in [3.63, 3.8) is 0 Å². The molecule has 1 aromatic heterocycles. The van der Waals surface area contributed by atoms with Gasteiger partial charge in [0.2, 0.25) is 5.95 Å². The summed E-state index contributed by atoms with van der Waals surface area (Å²) >= 11 is 0. The monoisotopic (exact) mass is 255 g/mol. The van der Waals surface area contributed by atoms with E-state index in [1.165, 1.54) is 18.4 Å². The molecule has 2 aliphatic rings. The molecular formula is C15H17N3O. The van der Waals surface area contributed by atoms with E-state index in [0.717, 1.165) is 17.4 Å². The predicted octanol–water partition coefficient (Wildman–Crippen LogP) is 3.07. The van der Waals surface area contributed by atoms with Gasteiger partial charge in [0, 0.05) is 17.8 Å². The molecule has 1 saturated carbocycles. The lowest BCUT2D eigenvalue weighted by molar-refractivity contribution is 0.339. The highest BCUT2D eigenvalue weighted by Crippen LogP contribution is 2.39. The number of fused-ring (bicyclic) bond motifs is 1. The highest BCUT2D eigenvalue weighted by atomic mass is 16.5. The van der Waals surface area contributed by atoms with Crippen molar-refractivity contribution in [1.29, 1.82) is 0 Å². The summed E-state index contributed by atoms with van der Waals surface area (Å²) in [6, 6.07) is 9.06. The van der Waals surface area contributed by atoms with E-state index in [-0.39, 0.29) is 6.04 Å². The Morgan fingerprint density at radius 2 is 2.16 bits per heavy atom. The maximum Gasteiger partial charge on any atom is 0.203 e. The molecule has 0 bridgehead atoms. The number of para-hydroxylation sites is 1. The second-order valence-electron chi connectivity index (χ2n) is 5.39. The Balaban J connectivity index is 1.62. The molecule has 2 aromatic rings. The lowest BCUT2D eigenvalue weighted by atomic mass is 10.1. The second kappa shape index (κ2) is 4.02. The van der Waals surface area contributed by atoms with Crippen LogP contribution in [0, 0.1) is 6.92 Å². The lowest BCUT2D eigenvalue weighted by Gasteiger charge is -2.14. The molecule has 0 saturated heterocycles. The van der Waals surface area contributed by atoms with Crippen molar-refractivity contribution in [2.24, 2.45) is 0 Å². The van der Waals surface area contributed by atoms with Crippen LogP contribution in [0.25, 0.3) is 0 Å². The molecule has 1 N–H and O–H groups in total. The van der Waals surface area contributed by atoms with E-state index < -0.39 is 0 Å². The van der Waals surface area contributed by atoms with Crippen LogP contribution in [0.3, 0.4) is 0 Å². The van der Waals surface area contributed by atoms with Crippen molar-refractivity contribution < 1.29 is 4.74 Å². The molecule has 2 heterocycles. The van der Waals surface area contributed by atoms with Crippen LogP contribution in [-0.4, -0.2) is 16.2 Å². The van der Waals surface area contributed by atoms with Gasteiger partial charge in [0.25, 0.3) is 0 Å². The highest BCUT2D eigenvalue weighted by Gasteiger charge is 2.29. The maximum absolute atomic E-state index is 5.71. The molecule has 1 atom stereocenters. The summed E-state index contributed by atoms with van der Waals surface area (Å²) in [7, 11) is 0. The second-order valence-corrected chi connectivity index (χ2v) is 5.39. The fourth-order valence-corrected chi connectivity index (χ4v) is 2.69. The van der Waals surface area contributed by atoms with Crippen LogP contribution in [-0.2, 0) is 0 Å². The number of aryl methyl sites for hydroxylation is 1. The van der Waals surface area contributed by atoms with Gasteiger partial charge in [0.05, 0.1) is 11.7 Å². The number of hydrogen-bond acceptors (Lipinski definition) is 3. The molecule has 1 fully saturated rings. The third kappa shape index (κ3) is 1.87. The molecule has 1 aliphatic carbocycles. The Morgan fingerprint density at radius 1 is 1.32 bits per heavy atom. The van der Waals surface area contributed by atoms with E-state index >= 15 is 0 Å². The van der Waals surface area contributed by atoms with Gasteiger partial charge < -0.3 is 14.6 Å². The van der Waals surface area contributed by atoms with Crippen molar-refractivity contribution in [1.82, 2.24) is 9.55 Å². The molecule has 4 heteroatoms. The Labute approximate surface area is 112 Å². The van der Waals surface area contributed by atoms with Crippen molar-refractivity contribution in [2.75, 3.05) is 11.9 Å². The Morgan fingerprint density at radius 3 is 3.00 bits per heavy atom. The number of nitrogens with one attached hydrogen (secondary N) is 1. The van der Waals surface area contributed by atoms with E-state index in [1.807, 2.05) is 19.1 Å². The van der Waals surface area contributed by atoms with Crippen molar-refractivity contribution in [2.45, 2.75) is 31.8 Å². The zero-order chi connectivity index (χ0) is 12.8. The molecule has 0 radical (unpaired) electrons. The first-order valence-corrected chi connectivity index (χ1v) is 6.85. The largest absolute Gasteiger partial charge is 0.491 e. The van der Waals surface area contributed by atoms with Crippen molar-refractivity contribution in [3.05, 3.63) is 41.7 Å². The first-order valence-electron chi connectivity index (χ1n) is 6.85. The number of nitrogens with zero attached hydrogens (tertiary/aromatic N) is 2. The molecular weight excluding hydrogens is 238 g/mol. The number of imidazole rings is 1. The number of rotatable bonds is 3. The zero-order valence-electron chi connectivity index (χ0n) is 11.0. The summed E-state index contributed by atoms with van der Waals surface area (Å²) in [5.41, 5.74) is 2.30. The minimum atomic E-state index is 0.204. The summed E-state index contributed by atoms with van der Waals surface area (Å²) in [6.07, 6.45) is 4.67. The molecule has 4 nitrogen and oxygen atoms in total. The topological polar surface area (TPSA) is 39.1 Å². The highest BCUT2D eigenvalue weighted by molar-refractivity contribution is 5.44. The van der Waals surface area contributed by atoms with Gasteiger partial charge in [-0.1, -0.05) is 18.2 Å². The number of benzene rings is 1. The van der Waals surface area contributed by atoms with E-state index in [2.05, 4.69) is 33.2 Å². The van der Waals surface area contributed by atoms with E-state index in [4.69, 9.17) is 4.74 Å². The molecule has 98 valence electrons. The molecule has 4 rings (SSSR count). The standard InChI is InChI=1S/C15H17N3O/c1-10-8-18(11-6-7-11)15(16-10)17-13-9-19-14-5-3-2-4-12(13)14/h2-5,8,11,13H,6-7,9H2,1H3,(H,16,17). The van der Waals surface area contributed by atoms with E-state index in [1.54, 1.807) is 0 Å². The van der Waals surface area contributed by atoms with Gasteiger partial charge >= 0.3 is 0 Å². The number of anilines is 1. The van der Waals surface area contributed by atoms with E-state index in [9.17, 15) is 0 Å². The van der Waals surface area contributed by atoms with Crippen LogP contribution in [0.1, 0.15) is 36.2 Å². The molecule has 19 heavy (non-hydrogen) atoms. The minimum absolute atomic E-state index is 0.204. The zero-order valence-corrected chi connectivity index (χ0v) is 11.0. The molecule has 1 unspecified atom stereocenters. The normalized spacial score (nSPS) is 21.0. The number of aromatic nitrogens is 2. The first kappa shape index (κ1) is 10.9. The van der Waals surface area contributed by atoms with Crippen LogP contribution in [0.2, 0.25) is 0 Å². The van der Waals surface area contributed by atoms with Crippen LogP contribution in [0.15, 0.2) is 30.5 Å². The van der Waals surface area contributed by atoms with Crippen LogP contribution in [0.4, 0.5) is 5.95 Å². The van der Waals surface area contributed by atoms with Gasteiger partial charge in [-0.15, -0.1) is 0 Å². The smallest absolute Gasteiger partial charge is 0.203 e. The summed E-state index contributed by atoms with van der Waals surface area (Å²) in [4.78, 5) is 4.60. The number of hydrogen-bond donors (Lipinski definition) is 1. The third-order valence-electron chi connectivity index (χ3n) is 3.80. The summed E-state index contributed by atoms with van der Waals surface area (Å²) in [5, 5.41) is 3.53. The quantitative estimate of drug-likeness (QED) is 0.916. The molecule has 1 aromatic carbocycles. The fourth-order valence-electron chi connectivity index (χ4n) is 2.69. The summed E-state index contributed by atoms with van der Waals surface area (Å²) in [5.74, 6) is 1.96. The van der Waals surface area contributed by atoms with Gasteiger partial charge in [-0.05, 0) is 25.8 Å². The lowest BCUT2D eigenvalue weighted by Crippen LogP contribution is -2.15. The SMILES string of the molecule is Cc1cn(C2CC2)c(NC2COc3ccccc32)n1. The van der Waals surface area contributed by atoms with Crippen LogP contribution in [0.5, 0.6) is 5.75 Å². The van der Waals surface area contributed by atoms with Crippen molar-refractivity contribution >= 4 is 5.95 Å². The van der Waals surface area contributed by atoms with Crippen LogP contribution >= 0.6 is 0 Å². The molecule has 1 aliphatic heterocycles. The number of ether oxygens (including phenoxy) is 1. The van der Waals surface area contributed by atoms with Crippen LogP contribution < -0.4 is 10.1 Å². The van der Waals surface area contributed by atoms with Gasteiger partial charge in [0.15, 0.2) is 0 Å². The third-order valence-corrected chi connectivity index (χ3v) is 3.80. The fraction of sp³-hybridized carbons (Fsp3) is 0.400. The molecule has 0 amide bonds. The van der Waals surface area contributed by atoms with Gasteiger partial charge in [-0.25, -0.2) is 4.98 Å². The molecule has 0 spiro atoms. The van der Waals surface area contributed by atoms with E-state index in [0.29, 0.717) is 12.6 Å². The first-order chi connectivity index (χ1) is 9.31. The summed E-state index contributed by atoms with van der Waals surface area (Å²) < 4.78 is 7.98. The van der Waals surface area contributed by atoms with Gasteiger partial charge in [-0.3, -0.25) is 0 Å². The summed E-state index contributed by atoms with van der Waals surface area (Å²) in [6.45, 7) is 2.72. The van der Waals surface area contributed by atoms with Gasteiger partial charge in [0.1, 0.15) is 12.4 Å². The Kier molecular flexibility index (Phi) is 2.31. The average molecular weight is 255 g/mol. The Bertz CT molecular complexity index is 616. The predicted molar refractivity (Wildman–Crippen MR) is 73.5 cm³/mol. The minimum Gasteiger partial charge on any atom is -0.491 e.